The molecular weight excluding hydrogens is 220 g/mol. The van der Waals surface area contributed by atoms with Crippen molar-refractivity contribution in [3.8, 4) is 0 Å². The summed E-state index contributed by atoms with van der Waals surface area (Å²) in [5, 5.41) is 2.56. The minimum absolute atomic E-state index is 0.728. The van der Waals surface area contributed by atoms with Crippen LogP contribution >= 0.6 is 0 Å². The summed E-state index contributed by atoms with van der Waals surface area (Å²) < 4.78 is 0. The second-order valence-corrected chi connectivity index (χ2v) is 5.33. The van der Waals surface area contributed by atoms with Crippen molar-refractivity contribution >= 4 is 22.1 Å². The lowest BCUT2D eigenvalue weighted by molar-refractivity contribution is 1.24. The van der Waals surface area contributed by atoms with Crippen molar-refractivity contribution in [2.45, 2.75) is 41.5 Å². The smallest absolute Gasteiger partial charge is 0.0586 e. The molecule has 2 aromatic rings. The van der Waals surface area contributed by atoms with Gasteiger partial charge in [-0.3, -0.25) is 0 Å². The van der Waals surface area contributed by atoms with Gasteiger partial charge in [-0.1, -0.05) is 0 Å². The van der Waals surface area contributed by atoms with Gasteiger partial charge in [0.25, 0.3) is 0 Å². The highest BCUT2D eigenvalue weighted by Gasteiger charge is 2.17. The third-order valence-corrected chi connectivity index (χ3v) is 4.54. The first-order valence-electron chi connectivity index (χ1n) is 6.33. The van der Waals surface area contributed by atoms with E-state index in [1.54, 1.807) is 0 Å². The topological polar surface area (TPSA) is 52.0 Å². The lowest BCUT2D eigenvalue weighted by Gasteiger charge is -2.20. The van der Waals surface area contributed by atoms with Crippen LogP contribution in [-0.2, 0) is 0 Å². The molecule has 0 aliphatic heterocycles. The van der Waals surface area contributed by atoms with E-state index in [1.165, 1.54) is 33.0 Å². The zero-order valence-corrected chi connectivity index (χ0v) is 12.2. The Bertz CT molecular complexity index is 554. The molecule has 0 fully saturated rings. The molecule has 0 saturated carbocycles. The van der Waals surface area contributed by atoms with Crippen LogP contribution in [0.1, 0.15) is 33.4 Å². The number of nitrogen functional groups attached to an aromatic ring is 2. The molecule has 2 nitrogen and oxygen atoms in total. The minimum Gasteiger partial charge on any atom is -0.397 e. The maximum Gasteiger partial charge on any atom is 0.0586 e. The quantitative estimate of drug-likeness (QED) is 0.689. The monoisotopic (exact) mass is 242 g/mol. The fraction of sp³-hybridized carbons (Fsp3) is 0.375. The van der Waals surface area contributed by atoms with Crippen molar-refractivity contribution in [1.29, 1.82) is 0 Å². The number of anilines is 2. The van der Waals surface area contributed by atoms with Gasteiger partial charge >= 0.3 is 0 Å². The number of fused-ring (bicyclic) bond motifs is 1. The molecule has 0 atom stereocenters. The van der Waals surface area contributed by atoms with Crippen LogP contribution in [0, 0.1) is 41.5 Å². The summed E-state index contributed by atoms with van der Waals surface area (Å²) in [6, 6.07) is 0. The molecular formula is C16H22N2. The van der Waals surface area contributed by atoms with Crippen molar-refractivity contribution in [1.82, 2.24) is 0 Å². The Morgan fingerprint density at radius 2 is 0.722 bits per heavy atom. The summed E-state index contributed by atoms with van der Waals surface area (Å²) in [6.07, 6.45) is 0. The molecule has 0 aliphatic carbocycles. The molecule has 4 N–H and O–H groups in total. The summed E-state index contributed by atoms with van der Waals surface area (Å²) in [5.74, 6) is 0. The fourth-order valence-corrected chi connectivity index (χ4v) is 2.92. The molecule has 0 amide bonds. The van der Waals surface area contributed by atoms with Gasteiger partial charge in [-0.05, 0) is 85.7 Å². The molecule has 96 valence electrons. The third kappa shape index (κ3) is 1.41. The molecule has 0 spiro atoms. The Labute approximate surface area is 109 Å². The summed E-state index contributed by atoms with van der Waals surface area (Å²) >= 11 is 0. The predicted molar refractivity (Wildman–Crippen MR) is 81.2 cm³/mol. The van der Waals surface area contributed by atoms with Crippen LogP contribution in [0.5, 0.6) is 0 Å². The molecule has 0 radical (unpaired) electrons. The van der Waals surface area contributed by atoms with Gasteiger partial charge in [0.15, 0.2) is 0 Å². The standard InChI is InChI=1S/C16H22N2/c1-7-8(2)10(4)14-12(6)16(18)15(17)11(5)13(14)9(7)3/h17-18H2,1-6H3. The van der Waals surface area contributed by atoms with Gasteiger partial charge in [-0.2, -0.15) is 0 Å². The summed E-state index contributed by atoms with van der Waals surface area (Å²) in [4.78, 5) is 0. The second kappa shape index (κ2) is 3.91. The number of aryl methyl sites for hydroxylation is 4. The van der Waals surface area contributed by atoms with Crippen molar-refractivity contribution in [3.05, 3.63) is 33.4 Å². The van der Waals surface area contributed by atoms with Crippen LogP contribution in [0.25, 0.3) is 10.8 Å². The average molecular weight is 242 g/mol. The van der Waals surface area contributed by atoms with Gasteiger partial charge in [-0.25, -0.2) is 0 Å². The first-order valence-corrected chi connectivity index (χ1v) is 6.33. The highest BCUT2D eigenvalue weighted by molar-refractivity contribution is 6.02. The van der Waals surface area contributed by atoms with Crippen LogP contribution < -0.4 is 11.5 Å². The van der Waals surface area contributed by atoms with E-state index < -0.39 is 0 Å². The van der Waals surface area contributed by atoms with E-state index in [4.69, 9.17) is 11.5 Å². The first-order chi connectivity index (χ1) is 8.29. The van der Waals surface area contributed by atoms with Gasteiger partial charge in [0, 0.05) is 0 Å². The highest BCUT2D eigenvalue weighted by atomic mass is 14.7. The number of nitrogens with two attached hydrogens (primary N) is 2. The fourth-order valence-electron chi connectivity index (χ4n) is 2.92. The second-order valence-electron chi connectivity index (χ2n) is 5.33. The molecule has 2 heteroatoms. The Kier molecular flexibility index (Phi) is 2.77. The van der Waals surface area contributed by atoms with Crippen LogP contribution in [0.3, 0.4) is 0 Å². The zero-order chi connectivity index (χ0) is 13.8. The lowest BCUT2D eigenvalue weighted by atomic mass is 9.86. The maximum absolute atomic E-state index is 6.13. The average Bonchev–Trinajstić information content (AvgIpc) is 2.35. The lowest BCUT2D eigenvalue weighted by Crippen LogP contribution is -2.05. The van der Waals surface area contributed by atoms with Crippen LogP contribution in [0.2, 0.25) is 0 Å². The predicted octanol–water partition coefficient (Wildman–Crippen LogP) is 3.85. The number of hydrogen-bond acceptors (Lipinski definition) is 2. The van der Waals surface area contributed by atoms with E-state index in [9.17, 15) is 0 Å². The molecule has 0 bridgehead atoms. The molecule has 18 heavy (non-hydrogen) atoms. The molecule has 2 aromatic carbocycles. The molecule has 0 aliphatic rings. The molecule has 2 rings (SSSR count). The zero-order valence-electron chi connectivity index (χ0n) is 12.2. The normalized spacial score (nSPS) is 11.2. The molecule has 0 unspecified atom stereocenters. The van der Waals surface area contributed by atoms with Gasteiger partial charge < -0.3 is 11.5 Å². The summed E-state index contributed by atoms with van der Waals surface area (Å²) in [5.41, 5.74) is 21.3. The number of hydrogen-bond donors (Lipinski definition) is 2. The minimum atomic E-state index is 0.728. The van der Waals surface area contributed by atoms with Gasteiger partial charge in [0.05, 0.1) is 11.4 Å². The van der Waals surface area contributed by atoms with E-state index >= 15 is 0 Å². The number of rotatable bonds is 0. The van der Waals surface area contributed by atoms with E-state index in [-0.39, 0.29) is 0 Å². The maximum atomic E-state index is 6.13. The largest absolute Gasteiger partial charge is 0.397 e. The van der Waals surface area contributed by atoms with Gasteiger partial charge in [0.1, 0.15) is 0 Å². The molecule has 0 heterocycles. The number of benzene rings is 2. The van der Waals surface area contributed by atoms with E-state index in [0.717, 1.165) is 22.5 Å². The van der Waals surface area contributed by atoms with Crippen LogP contribution in [0.4, 0.5) is 11.4 Å². The van der Waals surface area contributed by atoms with E-state index in [2.05, 4.69) is 41.5 Å². The Balaban J connectivity index is 3.22. The third-order valence-electron chi connectivity index (χ3n) is 4.54. The van der Waals surface area contributed by atoms with Crippen molar-refractivity contribution in [2.24, 2.45) is 0 Å². The highest BCUT2D eigenvalue weighted by Crippen LogP contribution is 2.39. The Morgan fingerprint density at radius 1 is 0.444 bits per heavy atom. The van der Waals surface area contributed by atoms with Crippen molar-refractivity contribution in [2.75, 3.05) is 11.5 Å². The van der Waals surface area contributed by atoms with Crippen LogP contribution in [-0.4, -0.2) is 0 Å². The van der Waals surface area contributed by atoms with Gasteiger partial charge in [-0.15, -0.1) is 0 Å². The summed E-state index contributed by atoms with van der Waals surface area (Å²) in [6.45, 7) is 12.8. The molecule has 0 aromatic heterocycles. The van der Waals surface area contributed by atoms with Crippen LogP contribution in [0.15, 0.2) is 0 Å². The van der Waals surface area contributed by atoms with Crippen molar-refractivity contribution in [3.63, 3.8) is 0 Å². The van der Waals surface area contributed by atoms with E-state index in [1.807, 2.05) is 0 Å². The summed E-state index contributed by atoms with van der Waals surface area (Å²) in [7, 11) is 0. The van der Waals surface area contributed by atoms with Gasteiger partial charge in [0.2, 0.25) is 0 Å². The Morgan fingerprint density at radius 3 is 1.00 bits per heavy atom. The first kappa shape index (κ1) is 12.7. The van der Waals surface area contributed by atoms with Crippen molar-refractivity contribution < 1.29 is 0 Å². The Hall–Kier alpha value is -1.70. The SMILES string of the molecule is Cc1c(C)c(C)c2c(C)c(N)c(N)c(C)c2c1C. The molecule has 0 saturated heterocycles. The van der Waals surface area contributed by atoms with E-state index in [0.29, 0.717) is 0 Å².